The lowest BCUT2D eigenvalue weighted by Crippen LogP contribution is -2.15. The Balaban J connectivity index is 1.84. The number of rotatable bonds is 6. The van der Waals surface area contributed by atoms with Gasteiger partial charge in [-0.15, -0.1) is 0 Å². The fourth-order valence-electron chi connectivity index (χ4n) is 1.34. The molecule has 0 amide bonds. The Morgan fingerprint density at radius 1 is 1.50 bits per heavy atom. The Kier molecular flexibility index (Phi) is 3.66. The van der Waals surface area contributed by atoms with E-state index in [2.05, 4.69) is 10.3 Å². The highest BCUT2D eigenvalue weighted by molar-refractivity contribution is 5.20. The molecule has 2 rings (SSSR count). The molecule has 0 atom stereocenters. The molecule has 16 heavy (non-hydrogen) atoms. The lowest BCUT2D eigenvalue weighted by Gasteiger charge is -2.07. The van der Waals surface area contributed by atoms with Gasteiger partial charge in [-0.05, 0) is 24.5 Å². The minimum absolute atomic E-state index is 0.260. The summed E-state index contributed by atoms with van der Waals surface area (Å²) in [5.41, 5.74) is 1.01. The van der Waals surface area contributed by atoms with Crippen LogP contribution in [0, 0.1) is 0 Å². The molecule has 1 aromatic heterocycles. The summed E-state index contributed by atoms with van der Waals surface area (Å²) in [6, 6.07) is 4.17. The summed E-state index contributed by atoms with van der Waals surface area (Å²) in [6.45, 7) is 0.130. The molecule has 0 aromatic carbocycles. The Morgan fingerprint density at radius 3 is 3.00 bits per heavy atom. The fraction of sp³-hybridized carbons (Fsp3) is 0.545. The minimum atomic E-state index is -2.46. The van der Waals surface area contributed by atoms with Gasteiger partial charge < -0.3 is 10.1 Å². The predicted octanol–water partition coefficient (Wildman–Crippen LogP) is 1.98. The number of pyridine rings is 1. The number of ether oxygens (including phenoxy) is 1. The van der Waals surface area contributed by atoms with Gasteiger partial charge in [0.15, 0.2) is 6.61 Å². The maximum Gasteiger partial charge on any atom is 0.272 e. The van der Waals surface area contributed by atoms with Gasteiger partial charge in [-0.1, -0.05) is 0 Å². The zero-order valence-corrected chi connectivity index (χ0v) is 8.83. The van der Waals surface area contributed by atoms with Crippen molar-refractivity contribution in [2.45, 2.75) is 31.9 Å². The Morgan fingerprint density at radius 2 is 2.31 bits per heavy atom. The lowest BCUT2D eigenvalue weighted by atomic mass is 10.2. The molecule has 1 N–H and O–H groups in total. The number of hydrogen-bond donors (Lipinski definition) is 1. The van der Waals surface area contributed by atoms with Gasteiger partial charge in [-0.25, -0.2) is 13.8 Å². The van der Waals surface area contributed by atoms with Crippen LogP contribution in [0.4, 0.5) is 8.78 Å². The van der Waals surface area contributed by atoms with E-state index in [1.165, 1.54) is 12.8 Å². The summed E-state index contributed by atoms with van der Waals surface area (Å²) in [5.74, 6) is 0.260. The van der Waals surface area contributed by atoms with Gasteiger partial charge in [-0.2, -0.15) is 0 Å². The monoisotopic (exact) mass is 228 g/mol. The van der Waals surface area contributed by atoms with Gasteiger partial charge in [0, 0.05) is 24.8 Å². The Bertz CT molecular complexity index is 321. The number of halogens is 2. The third-order valence-corrected chi connectivity index (χ3v) is 2.33. The molecule has 5 heteroatoms. The summed E-state index contributed by atoms with van der Waals surface area (Å²) in [7, 11) is 0. The van der Waals surface area contributed by atoms with E-state index in [1.807, 2.05) is 6.07 Å². The highest BCUT2D eigenvalue weighted by Crippen LogP contribution is 2.19. The van der Waals surface area contributed by atoms with Crippen LogP contribution in [0.1, 0.15) is 18.4 Å². The standard InChI is InChI=1S/C11H14F2N2O/c12-10(13)7-16-11-5-8(3-4-14-11)6-15-9-1-2-9/h3-5,9-10,15H,1-2,6-7H2. The minimum Gasteiger partial charge on any atom is -0.472 e. The van der Waals surface area contributed by atoms with Crippen molar-refractivity contribution in [3.05, 3.63) is 23.9 Å². The molecule has 1 aliphatic rings. The van der Waals surface area contributed by atoms with Crippen molar-refractivity contribution < 1.29 is 13.5 Å². The highest BCUT2D eigenvalue weighted by Gasteiger charge is 2.19. The van der Waals surface area contributed by atoms with Gasteiger partial charge >= 0.3 is 0 Å². The molecule has 1 heterocycles. The maximum atomic E-state index is 11.9. The van der Waals surface area contributed by atoms with Crippen LogP contribution in [0.25, 0.3) is 0 Å². The van der Waals surface area contributed by atoms with E-state index in [1.54, 1.807) is 12.3 Å². The van der Waals surface area contributed by atoms with Crippen LogP contribution in [-0.2, 0) is 6.54 Å². The summed E-state index contributed by atoms with van der Waals surface area (Å²) < 4.78 is 28.7. The second kappa shape index (κ2) is 5.21. The molecule has 0 saturated heterocycles. The average molecular weight is 228 g/mol. The number of hydrogen-bond acceptors (Lipinski definition) is 3. The van der Waals surface area contributed by atoms with E-state index in [0.29, 0.717) is 6.04 Å². The van der Waals surface area contributed by atoms with Crippen molar-refractivity contribution in [2.24, 2.45) is 0 Å². The Labute approximate surface area is 92.8 Å². The first-order valence-electron chi connectivity index (χ1n) is 5.33. The topological polar surface area (TPSA) is 34.1 Å². The van der Waals surface area contributed by atoms with E-state index in [0.717, 1.165) is 12.1 Å². The number of aromatic nitrogens is 1. The van der Waals surface area contributed by atoms with Crippen molar-refractivity contribution in [2.75, 3.05) is 6.61 Å². The quantitative estimate of drug-likeness (QED) is 0.808. The predicted molar refractivity (Wildman–Crippen MR) is 55.6 cm³/mol. The summed E-state index contributed by atoms with van der Waals surface area (Å²) >= 11 is 0. The maximum absolute atomic E-state index is 11.9. The molecule has 1 fully saturated rings. The summed E-state index contributed by atoms with van der Waals surface area (Å²) in [6.07, 6.45) is 1.56. The van der Waals surface area contributed by atoms with Gasteiger partial charge in [0.2, 0.25) is 5.88 Å². The Hall–Kier alpha value is -1.23. The molecule has 1 aliphatic carbocycles. The average Bonchev–Trinajstić information content (AvgIpc) is 3.08. The molecule has 0 aliphatic heterocycles. The first-order valence-corrected chi connectivity index (χ1v) is 5.33. The van der Waals surface area contributed by atoms with E-state index in [4.69, 9.17) is 4.74 Å². The van der Waals surface area contributed by atoms with Crippen molar-refractivity contribution in [3.8, 4) is 5.88 Å². The zero-order valence-electron chi connectivity index (χ0n) is 8.83. The van der Waals surface area contributed by atoms with E-state index < -0.39 is 13.0 Å². The zero-order chi connectivity index (χ0) is 11.4. The van der Waals surface area contributed by atoms with Crippen LogP contribution >= 0.6 is 0 Å². The normalized spacial score (nSPS) is 15.4. The molecule has 1 aromatic rings. The van der Waals surface area contributed by atoms with Crippen LogP contribution in [0.15, 0.2) is 18.3 Å². The van der Waals surface area contributed by atoms with Crippen LogP contribution < -0.4 is 10.1 Å². The molecule has 1 saturated carbocycles. The molecule has 3 nitrogen and oxygen atoms in total. The third-order valence-electron chi connectivity index (χ3n) is 2.33. The van der Waals surface area contributed by atoms with Crippen molar-refractivity contribution >= 4 is 0 Å². The SMILES string of the molecule is FC(F)COc1cc(CNC2CC2)ccn1. The van der Waals surface area contributed by atoms with Gasteiger partial charge in [0.05, 0.1) is 0 Å². The second-order valence-electron chi connectivity index (χ2n) is 3.86. The smallest absolute Gasteiger partial charge is 0.272 e. The molecular formula is C11H14F2N2O. The molecule has 0 spiro atoms. The lowest BCUT2D eigenvalue weighted by molar-refractivity contribution is 0.0795. The van der Waals surface area contributed by atoms with Crippen LogP contribution in [0.3, 0.4) is 0 Å². The number of nitrogens with one attached hydrogen (secondary N) is 1. The van der Waals surface area contributed by atoms with E-state index in [9.17, 15) is 8.78 Å². The first kappa shape index (κ1) is 11.3. The van der Waals surface area contributed by atoms with Crippen LogP contribution in [0.5, 0.6) is 5.88 Å². The van der Waals surface area contributed by atoms with Gasteiger partial charge in [0.1, 0.15) is 0 Å². The van der Waals surface area contributed by atoms with E-state index >= 15 is 0 Å². The number of nitrogens with zero attached hydrogens (tertiary/aromatic N) is 1. The highest BCUT2D eigenvalue weighted by atomic mass is 19.3. The van der Waals surface area contributed by atoms with E-state index in [-0.39, 0.29) is 5.88 Å². The molecule has 88 valence electrons. The molecule has 0 bridgehead atoms. The molecule has 0 radical (unpaired) electrons. The van der Waals surface area contributed by atoms with Crippen LogP contribution in [-0.4, -0.2) is 24.1 Å². The third kappa shape index (κ3) is 3.73. The number of alkyl halides is 2. The van der Waals surface area contributed by atoms with Crippen molar-refractivity contribution in [1.82, 2.24) is 10.3 Å². The summed E-state index contributed by atoms with van der Waals surface area (Å²) in [5, 5.41) is 3.33. The molecular weight excluding hydrogens is 214 g/mol. The second-order valence-corrected chi connectivity index (χ2v) is 3.86. The fourth-order valence-corrected chi connectivity index (χ4v) is 1.34. The van der Waals surface area contributed by atoms with Gasteiger partial charge in [0.25, 0.3) is 6.43 Å². The van der Waals surface area contributed by atoms with Crippen molar-refractivity contribution in [3.63, 3.8) is 0 Å². The van der Waals surface area contributed by atoms with Crippen LogP contribution in [0.2, 0.25) is 0 Å². The first-order chi connectivity index (χ1) is 7.74. The summed E-state index contributed by atoms with van der Waals surface area (Å²) in [4.78, 5) is 3.87. The van der Waals surface area contributed by atoms with Gasteiger partial charge in [-0.3, -0.25) is 0 Å². The molecule has 0 unspecified atom stereocenters. The largest absolute Gasteiger partial charge is 0.472 e. The van der Waals surface area contributed by atoms with Crippen molar-refractivity contribution in [1.29, 1.82) is 0 Å².